The van der Waals surface area contributed by atoms with Gasteiger partial charge in [-0.05, 0) is 12.1 Å². The average Bonchev–Trinajstić information content (AvgIpc) is 2.87. The molecule has 0 amide bonds. The Hall–Kier alpha value is -2.57. The van der Waals surface area contributed by atoms with Crippen molar-refractivity contribution in [3.63, 3.8) is 0 Å². The topological polar surface area (TPSA) is 99.3 Å². The highest BCUT2D eigenvalue weighted by Crippen LogP contribution is 2.10. The van der Waals surface area contributed by atoms with Crippen LogP contribution in [0.2, 0.25) is 0 Å². The number of hydrogen-bond acceptors (Lipinski definition) is 3. The molecule has 0 saturated carbocycles. The number of imidazole rings is 1. The molecule has 7 nitrogen and oxygen atoms in total. The van der Waals surface area contributed by atoms with Crippen LogP contribution in [0.15, 0.2) is 33.9 Å². The molecule has 17 heavy (non-hydrogen) atoms. The van der Waals surface area contributed by atoms with Gasteiger partial charge in [-0.1, -0.05) is 12.1 Å². The van der Waals surface area contributed by atoms with E-state index in [2.05, 4.69) is 20.2 Å². The van der Waals surface area contributed by atoms with Gasteiger partial charge in [0, 0.05) is 0 Å². The molecule has 0 aliphatic carbocycles. The first-order chi connectivity index (χ1) is 8.24. The number of para-hydroxylation sites is 2. The van der Waals surface area contributed by atoms with Gasteiger partial charge in [-0.2, -0.15) is 0 Å². The number of aromatic amines is 3. The van der Waals surface area contributed by atoms with Gasteiger partial charge in [-0.25, -0.2) is 29.3 Å². The molecule has 2 heterocycles. The van der Waals surface area contributed by atoms with Gasteiger partial charge >= 0.3 is 11.4 Å². The van der Waals surface area contributed by atoms with E-state index in [-0.39, 0.29) is 6.54 Å². The highest BCUT2D eigenvalue weighted by Gasteiger charge is 2.07. The molecule has 0 aliphatic rings. The summed E-state index contributed by atoms with van der Waals surface area (Å²) in [5.41, 5.74) is 0.732. The van der Waals surface area contributed by atoms with Gasteiger partial charge in [-0.3, -0.25) is 0 Å². The molecule has 3 N–H and O–H groups in total. The highest BCUT2D eigenvalue weighted by atomic mass is 16.2. The van der Waals surface area contributed by atoms with Crippen LogP contribution in [0.25, 0.3) is 11.0 Å². The van der Waals surface area contributed by atoms with Crippen molar-refractivity contribution in [3.05, 3.63) is 51.1 Å². The number of aromatic nitrogens is 5. The first kappa shape index (κ1) is 9.64. The van der Waals surface area contributed by atoms with E-state index in [4.69, 9.17) is 0 Å². The van der Waals surface area contributed by atoms with Gasteiger partial charge in [0.25, 0.3) is 0 Å². The third-order valence-corrected chi connectivity index (χ3v) is 2.51. The summed E-state index contributed by atoms with van der Waals surface area (Å²) >= 11 is 0. The molecule has 86 valence electrons. The quantitative estimate of drug-likeness (QED) is 0.569. The van der Waals surface area contributed by atoms with Crippen LogP contribution >= 0.6 is 0 Å². The van der Waals surface area contributed by atoms with Crippen LogP contribution in [0.3, 0.4) is 0 Å². The predicted octanol–water partition coefficient (Wildman–Crippen LogP) is -0.211. The molecule has 0 unspecified atom stereocenters. The lowest BCUT2D eigenvalue weighted by molar-refractivity contribution is 0.704. The molecule has 0 spiro atoms. The first-order valence-electron chi connectivity index (χ1n) is 5.05. The van der Waals surface area contributed by atoms with Crippen molar-refractivity contribution in [3.8, 4) is 0 Å². The zero-order valence-corrected chi connectivity index (χ0v) is 8.73. The highest BCUT2D eigenvalue weighted by molar-refractivity contribution is 5.74. The van der Waals surface area contributed by atoms with Crippen LogP contribution in [0.4, 0.5) is 0 Å². The van der Waals surface area contributed by atoms with Crippen molar-refractivity contribution in [2.45, 2.75) is 6.54 Å². The van der Waals surface area contributed by atoms with E-state index < -0.39 is 11.4 Å². The Morgan fingerprint density at radius 3 is 2.53 bits per heavy atom. The summed E-state index contributed by atoms with van der Waals surface area (Å²) in [6, 6.07) is 7.51. The van der Waals surface area contributed by atoms with Crippen LogP contribution < -0.4 is 11.4 Å². The number of H-pyrrole nitrogens is 3. The van der Waals surface area contributed by atoms with Gasteiger partial charge in [-0.15, -0.1) is 0 Å². The molecule has 0 fully saturated rings. The lowest BCUT2D eigenvalue weighted by atomic mass is 10.3. The second-order valence-corrected chi connectivity index (χ2v) is 3.65. The molecular weight excluding hydrogens is 222 g/mol. The zero-order valence-electron chi connectivity index (χ0n) is 8.73. The maximum absolute atomic E-state index is 11.3. The maximum atomic E-state index is 11.3. The fourth-order valence-electron chi connectivity index (χ4n) is 1.71. The lowest BCUT2D eigenvalue weighted by Crippen LogP contribution is -2.27. The molecule has 0 radical (unpaired) electrons. The number of nitrogens with zero attached hydrogens (tertiary/aromatic N) is 2. The molecule has 0 bridgehead atoms. The van der Waals surface area contributed by atoms with Gasteiger partial charge in [0.15, 0.2) is 0 Å². The fraction of sp³-hybridized carbons (Fsp3) is 0.100. The Labute approximate surface area is 94.1 Å². The predicted molar refractivity (Wildman–Crippen MR) is 60.9 cm³/mol. The molecule has 3 aromatic rings. The molecule has 0 aliphatic heterocycles. The molecule has 0 saturated heterocycles. The zero-order chi connectivity index (χ0) is 11.8. The Morgan fingerprint density at radius 1 is 1.12 bits per heavy atom. The van der Waals surface area contributed by atoms with E-state index in [1.165, 1.54) is 0 Å². The summed E-state index contributed by atoms with van der Waals surface area (Å²) in [7, 11) is 0. The summed E-state index contributed by atoms with van der Waals surface area (Å²) in [4.78, 5) is 29.9. The van der Waals surface area contributed by atoms with Crippen molar-refractivity contribution in [1.82, 2.24) is 24.7 Å². The van der Waals surface area contributed by atoms with E-state index in [1.54, 1.807) is 0 Å². The number of nitrogens with one attached hydrogen (secondary N) is 3. The minimum absolute atomic E-state index is 0.117. The fourth-order valence-corrected chi connectivity index (χ4v) is 1.71. The van der Waals surface area contributed by atoms with Crippen molar-refractivity contribution < 1.29 is 0 Å². The van der Waals surface area contributed by atoms with E-state index in [0.29, 0.717) is 5.82 Å². The largest absolute Gasteiger partial charge is 0.344 e. The average molecular weight is 231 g/mol. The SMILES string of the molecule is O=c1[nH][nH]c(=O)n1Cc1nc2ccccc2[nH]1. The Bertz CT molecular complexity index is 715. The standard InChI is InChI=1S/C10H9N5O2/c16-9-13-14-10(17)15(9)5-8-11-6-3-1-2-4-7(6)12-8/h1-4H,5H2,(H,11,12)(H,13,16)(H,14,17). The van der Waals surface area contributed by atoms with Gasteiger partial charge < -0.3 is 4.98 Å². The summed E-state index contributed by atoms with van der Waals surface area (Å²) < 4.78 is 1.04. The van der Waals surface area contributed by atoms with Gasteiger partial charge in [0.2, 0.25) is 0 Å². The molecular formula is C10H9N5O2. The second-order valence-electron chi connectivity index (χ2n) is 3.65. The molecule has 7 heteroatoms. The van der Waals surface area contributed by atoms with Crippen molar-refractivity contribution in [2.75, 3.05) is 0 Å². The molecule has 2 aromatic heterocycles. The number of rotatable bonds is 2. The van der Waals surface area contributed by atoms with Crippen LogP contribution in [0.1, 0.15) is 5.82 Å². The monoisotopic (exact) mass is 231 g/mol. The summed E-state index contributed by atoms with van der Waals surface area (Å²) in [6.45, 7) is 0.117. The van der Waals surface area contributed by atoms with Crippen LogP contribution in [-0.2, 0) is 6.54 Å². The molecule has 3 rings (SSSR count). The number of benzene rings is 1. The molecule has 1 aromatic carbocycles. The minimum Gasteiger partial charge on any atom is -0.340 e. The Morgan fingerprint density at radius 2 is 1.82 bits per heavy atom. The van der Waals surface area contributed by atoms with Crippen LogP contribution in [0.5, 0.6) is 0 Å². The third kappa shape index (κ3) is 1.57. The van der Waals surface area contributed by atoms with Gasteiger partial charge in [0.1, 0.15) is 5.82 Å². The summed E-state index contributed by atoms with van der Waals surface area (Å²) in [6.07, 6.45) is 0. The van der Waals surface area contributed by atoms with Gasteiger partial charge in [0.05, 0.1) is 17.6 Å². The van der Waals surface area contributed by atoms with E-state index >= 15 is 0 Å². The van der Waals surface area contributed by atoms with E-state index in [0.717, 1.165) is 15.6 Å². The number of hydrogen-bond donors (Lipinski definition) is 3. The lowest BCUT2D eigenvalue weighted by Gasteiger charge is -1.93. The van der Waals surface area contributed by atoms with Crippen molar-refractivity contribution >= 4 is 11.0 Å². The normalized spacial score (nSPS) is 11.1. The summed E-state index contributed by atoms with van der Waals surface area (Å²) in [5, 5.41) is 4.44. The van der Waals surface area contributed by atoms with Crippen molar-refractivity contribution in [2.24, 2.45) is 0 Å². The minimum atomic E-state index is -0.476. The number of fused-ring (bicyclic) bond motifs is 1. The first-order valence-corrected chi connectivity index (χ1v) is 5.05. The summed E-state index contributed by atoms with van der Waals surface area (Å²) in [5.74, 6) is 0.568. The Balaban J connectivity index is 2.06. The van der Waals surface area contributed by atoms with E-state index in [1.807, 2.05) is 24.3 Å². The molecule has 0 atom stereocenters. The van der Waals surface area contributed by atoms with Crippen molar-refractivity contribution in [1.29, 1.82) is 0 Å². The second kappa shape index (κ2) is 3.48. The maximum Gasteiger partial charge on any atom is 0.344 e. The van der Waals surface area contributed by atoms with E-state index in [9.17, 15) is 9.59 Å². The van der Waals surface area contributed by atoms with Crippen LogP contribution in [-0.4, -0.2) is 24.7 Å². The smallest absolute Gasteiger partial charge is 0.340 e. The van der Waals surface area contributed by atoms with Crippen LogP contribution in [0, 0.1) is 0 Å². The third-order valence-electron chi connectivity index (χ3n) is 2.51. The Kier molecular flexibility index (Phi) is 1.97.